The van der Waals surface area contributed by atoms with Crippen LogP contribution >= 0.6 is 0 Å². The smallest absolute Gasteiger partial charge is 0.330 e. The van der Waals surface area contributed by atoms with E-state index < -0.39 is 35.7 Å². The lowest BCUT2D eigenvalue weighted by atomic mass is 10.2. The minimum absolute atomic E-state index is 0.0517. The van der Waals surface area contributed by atoms with Crippen LogP contribution in [0.1, 0.15) is 0 Å². The summed E-state index contributed by atoms with van der Waals surface area (Å²) in [5, 5.41) is 0. The lowest BCUT2D eigenvalue weighted by Gasteiger charge is -2.20. The van der Waals surface area contributed by atoms with Crippen molar-refractivity contribution in [3.8, 4) is 0 Å². The molecule has 0 bridgehead atoms. The highest BCUT2D eigenvalue weighted by Gasteiger charge is 2.18. The first-order valence-electron chi connectivity index (χ1n) is 8.60. The third-order valence-corrected chi connectivity index (χ3v) is 3.22. The number of esters is 4. The molecule has 0 heterocycles. The zero-order valence-corrected chi connectivity index (χ0v) is 16.2. The number of carbonyl (C=O) groups excluding carboxylic acids is 4. The van der Waals surface area contributed by atoms with Crippen LogP contribution in [-0.2, 0) is 42.9 Å². The topological polar surface area (TPSA) is 114 Å². The van der Waals surface area contributed by atoms with Crippen molar-refractivity contribution in [3.63, 3.8) is 0 Å². The van der Waals surface area contributed by atoms with Gasteiger partial charge in [-0.25, -0.2) is 19.2 Å². The number of hydrogen-bond acceptors (Lipinski definition) is 9. The second-order valence-electron chi connectivity index (χ2n) is 5.61. The van der Waals surface area contributed by atoms with Crippen molar-refractivity contribution in [1.29, 1.82) is 0 Å². The minimum atomic E-state index is -0.629. The Kier molecular flexibility index (Phi) is 14.1. The molecule has 0 saturated carbocycles. The number of ether oxygens (including phenoxy) is 5. The summed E-state index contributed by atoms with van der Waals surface area (Å²) in [6, 6.07) is 0. The fraction of sp³-hybridized carbons (Fsp3) is 0.400. The summed E-state index contributed by atoms with van der Waals surface area (Å²) < 4.78 is 25.3. The standard InChI is InChI=1S/C20H26O9/c1-5-17(21)26-11-15(12-27-18(22)6-2)9-25-10-16(13-28-19(23)7-3)14-29-20(24)8-4/h5-8,15-16H,1-4,9-14H2. The van der Waals surface area contributed by atoms with Gasteiger partial charge in [0.25, 0.3) is 0 Å². The molecular formula is C20H26O9. The number of carbonyl (C=O) groups is 4. The van der Waals surface area contributed by atoms with Crippen LogP contribution in [0.2, 0.25) is 0 Å². The van der Waals surface area contributed by atoms with Gasteiger partial charge >= 0.3 is 23.9 Å². The molecule has 0 aromatic rings. The molecule has 0 aliphatic carbocycles. The van der Waals surface area contributed by atoms with E-state index in [-0.39, 0.29) is 39.6 Å². The van der Waals surface area contributed by atoms with Crippen LogP contribution in [0.15, 0.2) is 50.6 Å². The molecule has 0 saturated heterocycles. The van der Waals surface area contributed by atoms with E-state index in [4.69, 9.17) is 23.7 Å². The molecule has 29 heavy (non-hydrogen) atoms. The Labute approximate surface area is 169 Å². The van der Waals surface area contributed by atoms with Crippen LogP contribution in [0.4, 0.5) is 0 Å². The van der Waals surface area contributed by atoms with Gasteiger partial charge in [0.15, 0.2) is 0 Å². The molecule has 0 N–H and O–H groups in total. The Morgan fingerprint density at radius 1 is 0.517 bits per heavy atom. The summed E-state index contributed by atoms with van der Waals surface area (Å²) in [4.78, 5) is 44.9. The van der Waals surface area contributed by atoms with E-state index in [9.17, 15) is 19.2 Å². The largest absolute Gasteiger partial charge is 0.462 e. The first-order valence-corrected chi connectivity index (χ1v) is 8.60. The van der Waals surface area contributed by atoms with E-state index in [0.717, 1.165) is 24.3 Å². The molecular weight excluding hydrogens is 384 g/mol. The first kappa shape index (κ1) is 25.8. The van der Waals surface area contributed by atoms with Gasteiger partial charge in [-0.3, -0.25) is 0 Å². The average molecular weight is 410 g/mol. The van der Waals surface area contributed by atoms with Crippen molar-refractivity contribution in [3.05, 3.63) is 50.6 Å². The first-order chi connectivity index (χ1) is 13.9. The van der Waals surface area contributed by atoms with Crippen LogP contribution in [-0.4, -0.2) is 63.5 Å². The van der Waals surface area contributed by atoms with Gasteiger partial charge in [-0.05, 0) is 0 Å². The van der Waals surface area contributed by atoms with Gasteiger partial charge in [-0.15, -0.1) is 0 Å². The monoisotopic (exact) mass is 410 g/mol. The average Bonchev–Trinajstić information content (AvgIpc) is 2.74. The molecule has 0 amide bonds. The molecule has 0 aromatic heterocycles. The summed E-state index contributed by atoms with van der Waals surface area (Å²) in [6.45, 7) is 13.0. The molecule has 0 unspecified atom stereocenters. The lowest BCUT2D eigenvalue weighted by Crippen LogP contribution is -2.28. The van der Waals surface area contributed by atoms with E-state index in [2.05, 4.69) is 26.3 Å². The number of rotatable bonds is 16. The molecule has 9 heteroatoms. The van der Waals surface area contributed by atoms with Crippen molar-refractivity contribution in [2.75, 3.05) is 39.6 Å². The Bertz CT molecular complexity index is 509. The minimum Gasteiger partial charge on any atom is -0.462 e. The van der Waals surface area contributed by atoms with Crippen molar-refractivity contribution in [1.82, 2.24) is 0 Å². The third-order valence-electron chi connectivity index (χ3n) is 3.22. The van der Waals surface area contributed by atoms with E-state index in [1.54, 1.807) is 0 Å². The van der Waals surface area contributed by atoms with Crippen LogP contribution in [0.5, 0.6) is 0 Å². The van der Waals surface area contributed by atoms with Gasteiger partial charge in [-0.1, -0.05) is 26.3 Å². The zero-order valence-electron chi connectivity index (χ0n) is 16.2. The quantitative estimate of drug-likeness (QED) is 0.210. The molecule has 160 valence electrons. The Morgan fingerprint density at radius 2 is 0.759 bits per heavy atom. The highest BCUT2D eigenvalue weighted by molar-refractivity contribution is 5.82. The molecule has 0 fully saturated rings. The SMILES string of the molecule is C=CC(=O)OCC(COCC(COC(=O)C=C)COC(=O)C=C)COC(=O)C=C. The highest BCUT2D eigenvalue weighted by atomic mass is 16.6. The molecule has 0 rings (SSSR count). The Balaban J connectivity index is 4.69. The maximum Gasteiger partial charge on any atom is 0.330 e. The maximum absolute atomic E-state index is 11.2. The molecule has 0 spiro atoms. The van der Waals surface area contributed by atoms with Gasteiger partial charge in [0.1, 0.15) is 0 Å². The van der Waals surface area contributed by atoms with E-state index in [1.807, 2.05) is 0 Å². The fourth-order valence-corrected chi connectivity index (χ4v) is 1.73. The van der Waals surface area contributed by atoms with E-state index in [0.29, 0.717) is 0 Å². The summed E-state index contributed by atoms with van der Waals surface area (Å²) in [5.41, 5.74) is 0. The maximum atomic E-state index is 11.2. The predicted octanol–water partition coefficient (Wildman–Crippen LogP) is 1.15. The van der Waals surface area contributed by atoms with Gasteiger partial charge < -0.3 is 23.7 Å². The lowest BCUT2D eigenvalue weighted by molar-refractivity contribution is -0.144. The van der Waals surface area contributed by atoms with Crippen molar-refractivity contribution < 1.29 is 42.9 Å². The molecule has 0 aromatic carbocycles. The van der Waals surface area contributed by atoms with Crippen molar-refractivity contribution in [2.24, 2.45) is 11.8 Å². The van der Waals surface area contributed by atoms with Gasteiger partial charge in [-0.2, -0.15) is 0 Å². The van der Waals surface area contributed by atoms with Crippen LogP contribution in [0.25, 0.3) is 0 Å². The Morgan fingerprint density at radius 3 is 0.966 bits per heavy atom. The summed E-state index contributed by atoms with van der Waals surface area (Å²) in [6.07, 6.45) is 4.02. The molecule has 0 radical (unpaired) electrons. The normalized spacial score (nSPS) is 10.0. The van der Waals surface area contributed by atoms with Crippen molar-refractivity contribution >= 4 is 23.9 Å². The molecule has 0 atom stereocenters. The Hall–Kier alpha value is -3.20. The van der Waals surface area contributed by atoms with Gasteiger partial charge in [0.2, 0.25) is 0 Å². The van der Waals surface area contributed by atoms with Gasteiger partial charge in [0, 0.05) is 24.3 Å². The second-order valence-corrected chi connectivity index (χ2v) is 5.61. The number of hydrogen-bond donors (Lipinski definition) is 0. The third kappa shape index (κ3) is 13.6. The van der Waals surface area contributed by atoms with E-state index in [1.165, 1.54) is 0 Å². The summed E-state index contributed by atoms with van der Waals surface area (Å²) in [5.74, 6) is -3.44. The molecule has 0 aliphatic rings. The van der Waals surface area contributed by atoms with E-state index >= 15 is 0 Å². The van der Waals surface area contributed by atoms with Crippen molar-refractivity contribution in [2.45, 2.75) is 0 Å². The van der Waals surface area contributed by atoms with Crippen LogP contribution in [0, 0.1) is 11.8 Å². The van der Waals surface area contributed by atoms with Crippen LogP contribution in [0.3, 0.4) is 0 Å². The van der Waals surface area contributed by atoms with Gasteiger partial charge in [0.05, 0.1) is 51.5 Å². The summed E-state index contributed by atoms with van der Waals surface area (Å²) >= 11 is 0. The summed E-state index contributed by atoms with van der Waals surface area (Å²) in [7, 11) is 0. The molecule has 0 aliphatic heterocycles. The predicted molar refractivity (Wildman–Crippen MR) is 102 cm³/mol. The molecule has 9 nitrogen and oxygen atoms in total. The highest BCUT2D eigenvalue weighted by Crippen LogP contribution is 2.06. The van der Waals surface area contributed by atoms with Crippen LogP contribution < -0.4 is 0 Å². The fourth-order valence-electron chi connectivity index (χ4n) is 1.73. The second kappa shape index (κ2) is 15.8. The zero-order chi connectivity index (χ0) is 22.1.